The van der Waals surface area contributed by atoms with E-state index >= 15 is 0 Å². The Hall–Kier alpha value is -3.06. The number of benzene rings is 2. The standard InChI is InChI=1S/C23H27N3O4/c1-15-5-7-19-21(11-15)30-20-8-6-17(29-4)12-18(20)23(24-19)25-9-10-26(16(2)13-25)22(27)14-28-3/h5-8,11-12,16H,9-10,13-14H2,1-4H3/t16-/m1/s1. The number of fused-ring (bicyclic) bond motifs is 2. The van der Waals surface area contributed by atoms with Crippen molar-refractivity contribution in [2.75, 3.05) is 40.5 Å². The van der Waals surface area contributed by atoms with Crippen LogP contribution >= 0.6 is 0 Å². The van der Waals surface area contributed by atoms with E-state index in [-0.39, 0.29) is 18.6 Å². The van der Waals surface area contributed by atoms with Crippen molar-refractivity contribution < 1.29 is 19.0 Å². The van der Waals surface area contributed by atoms with Crippen LogP contribution in [0.1, 0.15) is 18.1 Å². The van der Waals surface area contributed by atoms with Gasteiger partial charge in [-0.3, -0.25) is 4.79 Å². The second kappa shape index (κ2) is 8.36. The predicted octanol–water partition coefficient (Wildman–Crippen LogP) is 3.37. The maximum atomic E-state index is 12.3. The molecule has 0 radical (unpaired) electrons. The summed E-state index contributed by atoms with van der Waals surface area (Å²) in [5, 5.41) is 0. The van der Waals surface area contributed by atoms with Gasteiger partial charge in [0, 0.05) is 32.8 Å². The molecule has 4 rings (SSSR count). The fourth-order valence-electron chi connectivity index (χ4n) is 3.96. The van der Waals surface area contributed by atoms with Crippen LogP contribution in [-0.4, -0.2) is 68.0 Å². The molecule has 30 heavy (non-hydrogen) atoms. The van der Waals surface area contributed by atoms with Crippen LogP contribution in [0.5, 0.6) is 17.2 Å². The van der Waals surface area contributed by atoms with Crippen molar-refractivity contribution >= 4 is 17.4 Å². The van der Waals surface area contributed by atoms with Crippen LogP contribution in [0.4, 0.5) is 5.69 Å². The zero-order chi connectivity index (χ0) is 21.3. The van der Waals surface area contributed by atoms with E-state index in [1.165, 1.54) is 0 Å². The van der Waals surface area contributed by atoms with Gasteiger partial charge < -0.3 is 24.0 Å². The Morgan fingerprint density at radius 1 is 1.17 bits per heavy atom. The van der Waals surface area contributed by atoms with E-state index in [0.717, 1.165) is 39.9 Å². The van der Waals surface area contributed by atoms with Crippen molar-refractivity contribution in [3.8, 4) is 17.2 Å². The lowest BCUT2D eigenvalue weighted by Gasteiger charge is -2.41. The number of rotatable bonds is 3. The van der Waals surface area contributed by atoms with Crippen LogP contribution in [-0.2, 0) is 9.53 Å². The molecule has 2 aliphatic rings. The minimum absolute atomic E-state index is 0.0127. The molecule has 1 amide bonds. The highest BCUT2D eigenvalue weighted by Crippen LogP contribution is 2.40. The lowest BCUT2D eigenvalue weighted by Crippen LogP contribution is -2.56. The van der Waals surface area contributed by atoms with Gasteiger partial charge in [0.05, 0.1) is 12.7 Å². The number of carbonyl (C=O) groups excluding carboxylic acids is 1. The van der Waals surface area contributed by atoms with Gasteiger partial charge >= 0.3 is 0 Å². The third-order valence-electron chi connectivity index (χ3n) is 5.50. The second-order valence-electron chi connectivity index (χ2n) is 7.69. The number of piperazine rings is 1. The van der Waals surface area contributed by atoms with Crippen molar-refractivity contribution in [1.29, 1.82) is 0 Å². The SMILES string of the molecule is COCC(=O)N1CCN(C2=Nc3ccc(C)cc3Oc3ccc(OC)cc32)C[C@H]1C. The molecule has 0 bridgehead atoms. The zero-order valence-electron chi connectivity index (χ0n) is 17.8. The van der Waals surface area contributed by atoms with E-state index in [0.29, 0.717) is 19.6 Å². The summed E-state index contributed by atoms with van der Waals surface area (Å²) in [6.45, 7) is 6.15. The topological polar surface area (TPSA) is 63.6 Å². The fourth-order valence-corrected chi connectivity index (χ4v) is 3.96. The molecule has 2 aromatic rings. The van der Waals surface area contributed by atoms with Crippen molar-refractivity contribution in [2.45, 2.75) is 19.9 Å². The number of amides is 1. The highest BCUT2D eigenvalue weighted by molar-refractivity contribution is 6.04. The van der Waals surface area contributed by atoms with Crippen LogP contribution in [0.2, 0.25) is 0 Å². The Morgan fingerprint density at radius 3 is 2.73 bits per heavy atom. The molecule has 7 nitrogen and oxygen atoms in total. The van der Waals surface area contributed by atoms with Gasteiger partial charge in [-0.15, -0.1) is 0 Å². The van der Waals surface area contributed by atoms with Crippen molar-refractivity contribution in [2.24, 2.45) is 4.99 Å². The minimum atomic E-state index is 0.0127. The molecule has 0 unspecified atom stereocenters. The lowest BCUT2D eigenvalue weighted by molar-refractivity contribution is -0.138. The summed E-state index contributed by atoms with van der Waals surface area (Å²) >= 11 is 0. The number of nitrogens with zero attached hydrogens (tertiary/aromatic N) is 3. The highest BCUT2D eigenvalue weighted by Gasteiger charge is 2.31. The molecule has 2 heterocycles. The van der Waals surface area contributed by atoms with Crippen LogP contribution in [0.3, 0.4) is 0 Å². The number of aliphatic imine (C=N–C) groups is 1. The third kappa shape index (κ3) is 3.85. The Balaban J connectivity index is 1.72. The van der Waals surface area contributed by atoms with Gasteiger partial charge in [-0.1, -0.05) is 6.07 Å². The Bertz CT molecular complexity index is 988. The molecule has 2 aliphatic heterocycles. The van der Waals surface area contributed by atoms with Crippen LogP contribution in [0.15, 0.2) is 41.4 Å². The summed E-state index contributed by atoms with van der Waals surface area (Å²) in [4.78, 5) is 21.4. The first-order chi connectivity index (χ1) is 14.5. The maximum Gasteiger partial charge on any atom is 0.248 e. The molecular weight excluding hydrogens is 382 g/mol. The molecule has 1 atom stereocenters. The monoisotopic (exact) mass is 409 g/mol. The number of ether oxygens (including phenoxy) is 3. The minimum Gasteiger partial charge on any atom is -0.497 e. The maximum absolute atomic E-state index is 12.3. The smallest absolute Gasteiger partial charge is 0.248 e. The fraction of sp³-hybridized carbons (Fsp3) is 0.391. The van der Waals surface area contributed by atoms with Gasteiger partial charge in [0.2, 0.25) is 5.91 Å². The third-order valence-corrected chi connectivity index (χ3v) is 5.50. The molecule has 0 saturated carbocycles. The average Bonchev–Trinajstić information content (AvgIpc) is 2.89. The number of hydrogen-bond donors (Lipinski definition) is 0. The first kappa shape index (κ1) is 20.2. The molecular formula is C23H27N3O4. The molecule has 0 aromatic heterocycles. The molecule has 1 fully saturated rings. The number of aryl methyl sites for hydroxylation is 1. The number of hydrogen-bond acceptors (Lipinski definition) is 6. The summed E-state index contributed by atoms with van der Waals surface area (Å²) in [6, 6.07) is 11.8. The van der Waals surface area contributed by atoms with Crippen LogP contribution in [0, 0.1) is 6.92 Å². The highest BCUT2D eigenvalue weighted by atomic mass is 16.5. The van der Waals surface area contributed by atoms with Gasteiger partial charge in [0.15, 0.2) is 5.75 Å². The molecule has 2 aromatic carbocycles. The number of methoxy groups -OCH3 is 2. The summed E-state index contributed by atoms with van der Waals surface area (Å²) in [5.41, 5.74) is 2.78. The first-order valence-electron chi connectivity index (χ1n) is 10.1. The zero-order valence-corrected chi connectivity index (χ0v) is 17.8. The van der Waals surface area contributed by atoms with Gasteiger partial charge in [-0.25, -0.2) is 4.99 Å². The second-order valence-corrected chi connectivity index (χ2v) is 7.69. The molecule has 0 spiro atoms. The van der Waals surface area contributed by atoms with E-state index < -0.39 is 0 Å². The first-order valence-corrected chi connectivity index (χ1v) is 10.1. The van der Waals surface area contributed by atoms with E-state index in [1.54, 1.807) is 14.2 Å². The van der Waals surface area contributed by atoms with E-state index in [2.05, 4.69) is 11.8 Å². The van der Waals surface area contributed by atoms with Crippen molar-refractivity contribution in [3.05, 3.63) is 47.5 Å². The quantitative estimate of drug-likeness (QED) is 0.778. The summed E-state index contributed by atoms with van der Waals surface area (Å²) in [5.74, 6) is 3.06. The van der Waals surface area contributed by atoms with E-state index in [4.69, 9.17) is 19.2 Å². The molecule has 1 saturated heterocycles. The number of carbonyl (C=O) groups is 1. The average molecular weight is 409 g/mol. The van der Waals surface area contributed by atoms with Gasteiger partial charge in [0.1, 0.15) is 29.6 Å². The van der Waals surface area contributed by atoms with Crippen molar-refractivity contribution in [1.82, 2.24) is 9.80 Å². The molecule has 158 valence electrons. The molecule has 7 heteroatoms. The number of amidine groups is 1. The molecule has 0 aliphatic carbocycles. The van der Waals surface area contributed by atoms with E-state index in [1.807, 2.05) is 48.2 Å². The van der Waals surface area contributed by atoms with Gasteiger partial charge in [0.25, 0.3) is 0 Å². The summed E-state index contributed by atoms with van der Waals surface area (Å²) in [6.07, 6.45) is 0. The summed E-state index contributed by atoms with van der Waals surface area (Å²) < 4.78 is 16.7. The van der Waals surface area contributed by atoms with Crippen LogP contribution < -0.4 is 9.47 Å². The van der Waals surface area contributed by atoms with E-state index in [9.17, 15) is 4.79 Å². The Kier molecular flexibility index (Phi) is 5.63. The largest absolute Gasteiger partial charge is 0.497 e. The normalized spacial score (nSPS) is 18.0. The van der Waals surface area contributed by atoms with Crippen molar-refractivity contribution in [3.63, 3.8) is 0 Å². The predicted molar refractivity (Wildman–Crippen MR) is 115 cm³/mol. The Morgan fingerprint density at radius 2 is 2.00 bits per heavy atom. The molecule has 0 N–H and O–H groups in total. The Labute approximate surface area is 176 Å². The lowest BCUT2D eigenvalue weighted by atomic mass is 10.1. The van der Waals surface area contributed by atoms with Gasteiger partial charge in [-0.2, -0.15) is 0 Å². The van der Waals surface area contributed by atoms with Crippen LogP contribution in [0.25, 0.3) is 0 Å². The van der Waals surface area contributed by atoms with Gasteiger partial charge in [-0.05, 0) is 49.7 Å². The summed E-state index contributed by atoms with van der Waals surface area (Å²) in [7, 11) is 3.19.